The van der Waals surface area contributed by atoms with E-state index >= 15 is 0 Å². The zero-order valence-electron chi connectivity index (χ0n) is 13.2. The topological polar surface area (TPSA) is 68.8 Å². The van der Waals surface area contributed by atoms with Crippen molar-refractivity contribution in [2.75, 3.05) is 26.9 Å². The van der Waals surface area contributed by atoms with Gasteiger partial charge in [0, 0.05) is 13.1 Å². The molecule has 2 aliphatic rings. The van der Waals surface area contributed by atoms with Crippen LogP contribution in [0.4, 0.5) is 0 Å². The lowest BCUT2D eigenvalue weighted by Gasteiger charge is -2.22. The van der Waals surface area contributed by atoms with Crippen molar-refractivity contribution in [3.63, 3.8) is 0 Å². The molecular weight excluding hydrogens is 320 g/mol. The van der Waals surface area contributed by atoms with Crippen molar-refractivity contribution in [2.45, 2.75) is 31.8 Å². The van der Waals surface area contributed by atoms with Gasteiger partial charge in [-0.3, -0.25) is 4.79 Å². The van der Waals surface area contributed by atoms with Gasteiger partial charge in [0.1, 0.15) is 13.2 Å². The average molecular weight is 343 g/mol. The first-order valence-corrected chi connectivity index (χ1v) is 7.75. The van der Waals surface area contributed by atoms with E-state index in [0.717, 1.165) is 31.4 Å². The first-order valence-electron chi connectivity index (χ1n) is 7.75. The SMILES string of the molecule is COc1cc(CNC2CCCCNC2=O)cc2c1OCCO2.Cl. The number of rotatable bonds is 4. The highest BCUT2D eigenvalue weighted by molar-refractivity contribution is 5.85. The number of carbonyl (C=O) groups is 1. The minimum absolute atomic E-state index is 0. The predicted molar refractivity (Wildman–Crippen MR) is 88.7 cm³/mol. The van der Waals surface area contributed by atoms with Gasteiger partial charge in [0.05, 0.1) is 13.2 Å². The Morgan fingerprint density at radius 2 is 2.13 bits per heavy atom. The summed E-state index contributed by atoms with van der Waals surface area (Å²) >= 11 is 0. The number of methoxy groups -OCH3 is 1. The minimum Gasteiger partial charge on any atom is -0.493 e. The highest BCUT2D eigenvalue weighted by Crippen LogP contribution is 2.40. The quantitative estimate of drug-likeness (QED) is 0.870. The molecule has 0 spiro atoms. The molecule has 0 aliphatic carbocycles. The summed E-state index contributed by atoms with van der Waals surface area (Å²) in [6, 6.07) is 3.73. The molecule has 2 N–H and O–H groups in total. The lowest BCUT2D eigenvalue weighted by molar-refractivity contribution is -0.122. The number of halogens is 1. The summed E-state index contributed by atoms with van der Waals surface area (Å²) in [5.41, 5.74) is 1.01. The number of carbonyl (C=O) groups excluding carboxylic acids is 1. The summed E-state index contributed by atoms with van der Waals surface area (Å²) in [5.74, 6) is 2.11. The van der Waals surface area contributed by atoms with Crippen molar-refractivity contribution in [1.82, 2.24) is 10.6 Å². The molecule has 1 atom stereocenters. The highest BCUT2D eigenvalue weighted by Gasteiger charge is 2.21. The van der Waals surface area contributed by atoms with Crippen molar-refractivity contribution in [3.8, 4) is 17.2 Å². The highest BCUT2D eigenvalue weighted by atomic mass is 35.5. The standard InChI is InChI=1S/C16H22N2O4.ClH/c1-20-13-8-11(9-14-15(13)22-7-6-21-14)10-18-12-4-2-3-5-17-16(12)19;/h8-9,12,18H,2-7,10H2,1H3,(H,17,19);1H. The van der Waals surface area contributed by atoms with Crippen LogP contribution in [0.2, 0.25) is 0 Å². The molecule has 7 heteroatoms. The normalized spacial score (nSPS) is 20.0. The first-order chi connectivity index (χ1) is 10.8. The molecule has 1 saturated heterocycles. The molecule has 0 aromatic heterocycles. The third-order valence-corrected chi connectivity index (χ3v) is 3.98. The van der Waals surface area contributed by atoms with E-state index in [1.165, 1.54) is 0 Å². The number of amides is 1. The van der Waals surface area contributed by atoms with Crippen molar-refractivity contribution < 1.29 is 19.0 Å². The summed E-state index contributed by atoms with van der Waals surface area (Å²) in [6.07, 6.45) is 2.97. The molecule has 1 amide bonds. The fourth-order valence-electron chi connectivity index (χ4n) is 2.80. The molecule has 0 saturated carbocycles. The maximum atomic E-state index is 11.9. The van der Waals surface area contributed by atoms with Crippen molar-refractivity contribution >= 4 is 18.3 Å². The molecule has 1 aromatic rings. The van der Waals surface area contributed by atoms with E-state index in [9.17, 15) is 4.79 Å². The number of hydrogen-bond acceptors (Lipinski definition) is 5. The molecule has 1 unspecified atom stereocenters. The van der Waals surface area contributed by atoms with Gasteiger partial charge in [0.25, 0.3) is 0 Å². The van der Waals surface area contributed by atoms with Crippen LogP contribution in [0.25, 0.3) is 0 Å². The molecule has 0 radical (unpaired) electrons. The van der Waals surface area contributed by atoms with Gasteiger partial charge in [-0.05, 0) is 37.0 Å². The lowest BCUT2D eigenvalue weighted by Crippen LogP contribution is -2.42. The second-order valence-corrected chi connectivity index (χ2v) is 5.54. The Balaban J connectivity index is 0.00000192. The molecule has 1 fully saturated rings. The maximum absolute atomic E-state index is 11.9. The number of hydrogen-bond donors (Lipinski definition) is 2. The van der Waals surface area contributed by atoms with E-state index in [1.54, 1.807) is 7.11 Å². The molecular formula is C16H23ClN2O4. The Bertz CT molecular complexity index is 536. The molecule has 0 bridgehead atoms. The summed E-state index contributed by atoms with van der Waals surface area (Å²) in [6.45, 7) is 2.43. The Morgan fingerprint density at radius 1 is 1.30 bits per heavy atom. The smallest absolute Gasteiger partial charge is 0.237 e. The third kappa shape index (κ3) is 4.20. The Labute approximate surface area is 142 Å². The van der Waals surface area contributed by atoms with Gasteiger partial charge in [-0.25, -0.2) is 0 Å². The van der Waals surface area contributed by atoms with Crippen LogP contribution in [0.15, 0.2) is 12.1 Å². The van der Waals surface area contributed by atoms with E-state index in [1.807, 2.05) is 12.1 Å². The zero-order chi connectivity index (χ0) is 15.4. The van der Waals surface area contributed by atoms with E-state index in [4.69, 9.17) is 14.2 Å². The molecule has 3 rings (SSSR count). The van der Waals surface area contributed by atoms with Crippen LogP contribution in [0.5, 0.6) is 17.2 Å². The maximum Gasteiger partial charge on any atom is 0.237 e. The summed E-state index contributed by atoms with van der Waals surface area (Å²) < 4.78 is 16.6. The zero-order valence-corrected chi connectivity index (χ0v) is 14.0. The van der Waals surface area contributed by atoms with Crippen LogP contribution in [0.3, 0.4) is 0 Å². The Morgan fingerprint density at radius 3 is 2.96 bits per heavy atom. The molecule has 2 heterocycles. The fourth-order valence-corrected chi connectivity index (χ4v) is 2.80. The number of ether oxygens (including phenoxy) is 3. The van der Waals surface area contributed by atoms with Crippen molar-refractivity contribution in [2.24, 2.45) is 0 Å². The van der Waals surface area contributed by atoms with Crippen LogP contribution in [-0.2, 0) is 11.3 Å². The molecule has 6 nitrogen and oxygen atoms in total. The van der Waals surface area contributed by atoms with E-state index in [2.05, 4.69) is 10.6 Å². The molecule has 128 valence electrons. The molecule has 23 heavy (non-hydrogen) atoms. The summed E-state index contributed by atoms with van der Waals surface area (Å²) in [5, 5.41) is 6.25. The van der Waals surface area contributed by atoms with E-state index < -0.39 is 0 Å². The molecule has 2 aliphatic heterocycles. The fraction of sp³-hybridized carbons (Fsp3) is 0.562. The minimum atomic E-state index is -0.137. The Kier molecular flexibility index (Phi) is 6.36. The van der Waals surface area contributed by atoms with Crippen molar-refractivity contribution in [1.29, 1.82) is 0 Å². The predicted octanol–water partition coefficient (Wildman–Crippen LogP) is 1.65. The van der Waals surface area contributed by atoms with E-state index in [-0.39, 0.29) is 24.4 Å². The van der Waals surface area contributed by atoms with Crippen LogP contribution in [0, 0.1) is 0 Å². The number of nitrogens with one attached hydrogen (secondary N) is 2. The number of fused-ring (bicyclic) bond motifs is 1. The van der Waals surface area contributed by atoms with Crippen LogP contribution < -0.4 is 24.8 Å². The number of benzene rings is 1. The van der Waals surface area contributed by atoms with Gasteiger partial charge < -0.3 is 24.8 Å². The largest absolute Gasteiger partial charge is 0.493 e. The van der Waals surface area contributed by atoms with Crippen LogP contribution in [-0.4, -0.2) is 38.8 Å². The Hall–Kier alpha value is -1.66. The van der Waals surface area contributed by atoms with Crippen LogP contribution in [0.1, 0.15) is 24.8 Å². The summed E-state index contributed by atoms with van der Waals surface area (Å²) in [7, 11) is 1.61. The van der Waals surface area contributed by atoms with Gasteiger partial charge in [-0.1, -0.05) is 0 Å². The second-order valence-electron chi connectivity index (χ2n) is 5.54. The monoisotopic (exact) mass is 342 g/mol. The molecule has 1 aromatic carbocycles. The van der Waals surface area contributed by atoms with Gasteiger partial charge in [0.15, 0.2) is 11.5 Å². The van der Waals surface area contributed by atoms with Gasteiger partial charge in [-0.15, -0.1) is 12.4 Å². The van der Waals surface area contributed by atoms with Crippen LogP contribution >= 0.6 is 12.4 Å². The van der Waals surface area contributed by atoms with E-state index in [0.29, 0.717) is 37.0 Å². The third-order valence-electron chi connectivity index (χ3n) is 3.98. The summed E-state index contributed by atoms with van der Waals surface area (Å²) in [4.78, 5) is 11.9. The average Bonchev–Trinajstić information content (AvgIpc) is 2.76. The van der Waals surface area contributed by atoms with Gasteiger partial charge in [0.2, 0.25) is 11.7 Å². The van der Waals surface area contributed by atoms with Gasteiger partial charge in [-0.2, -0.15) is 0 Å². The van der Waals surface area contributed by atoms with Crippen molar-refractivity contribution in [3.05, 3.63) is 17.7 Å². The lowest BCUT2D eigenvalue weighted by atomic mass is 10.1. The van der Waals surface area contributed by atoms with Gasteiger partial charge >= 0.3 is 0 Å². The second kappa shape index (κ2) is 8.26. The first kappa shape index (κ1) is 17.7.